The summed E-state index contributed by atoms with van der Waals surface area (Å²) in [6.07, 6.45) is 0. The third-order valence-corrected chi connectivity index (χ3v) is 7.12. The molecule has 0 spiro atoms. The molecule has 1 N–H and O–H groups in total. The van der Waals surface area contributed by atoms with Crippen LogP contribution in [-0.2, 0) is 16.2 Å². The van der Waals surface area contributed by atoms with Gasteiger partial charge in [-0.2, -0.15) is 0 Å². The minimum Gasteiger partial charge on any atom is -0.507 e. The van der Waals surface area contributed by atoms with Crippen molar-refractivity contribution in [3.63, 3.8) is 0 Å². The van der Waals surface area contributed by atoms with Gasteiger partial charge < -0.3 is 24.4 Å². The molecule has 0 bridgehead atoms. The van der Waals surface area contributed by atoms with Crippen LogP contribution in [0.1, 0.15) is 42.1 Å². The van der Waals surface area contributed by atoms with Crippen molar-refractivity contribution in [1.29, 1.82) is 0 Å². The monoisotopic (exact) mass is 528 g/mol. The Hall–Kier alpha value is -4.10. The Morgan fingerprint density at radius 2 is 1.67 bits per heavy atom. The Bertz CT molecular complexity index is 1340. The normalized spacial score (nSPS) is 16.6. The maximum atomic E-state index is 13.3. The fourth-order valence-electron chi connectivity index (χ4n) is 4.89. The van der Waals surface area contributed by atoms with Crippen molar-refractivity contribution in [1.82, 2.24) is 9.80 Å². The Labute approximate surface area is 230 Å². The number of rotatable bonds is 11. The van der Waals surface area contributed by atoms with E-state index in [-0.39, 0.29) is 11.3 Å². The number of carbonyl (C=O) groups excluding carboxylic acids is 2. The molecule has 1 amide bonds. The first-order valence-electron chi connectivity index (χ1n) is 13.3. The molecule has 0 saturated carbocycles. The lowest BCUT2D eigenvalue weighted by Gasteiger charge is -2.28. The van der Waals surface area contributed by atoms with Crippen molar-refractivity contribution in [3.8, 4) is 11.5 Å². The van der Waals surface area contributed by atoms with Crippen molar-refractivity contribution < 1.29 is 24.2 Å². The zero-order chi connectivity index (χ0) is 27.9. The molecule has 1 unspecified atom stereocenters. The molecule has 1 aliphatic heterocycles. The fraction of sp³-hybridized carbons (Fsp3) is 0.312. The van der Waals surface area contributed by atoms with Gasteiger partial charge in [-0.3, -0.25) is 9.59 Å². The highest BCUT2D eigenvalue weighted by molar-refractivity contribution is 6.46. The largest absolute Gasteiger partial charge is 0.507 e. The SMILES string of the molecule is CCN(CC)CCN1C(=O)C(=O)C(=C(O)c2ccc(OCc3cccc(C)c3)cc2)C1c1cccc(OC)c1. The lowest BCUT2D eigenvalue weighted by atomic mass is 9.95. The summed E-state index contributed by atoms with van der Waals surface area (Å²) in [6, 6.07) is 21.5. The third kappa shape index (κ3) is 6.32. The molecule has 1 fully saturated rings. The summed E-state index contributed by atoms with van der Waals surface area (Å²) in [6.45, 7) is 9.22. The van der Waals surface area contributed by atoms with Crippen LogP contribution in [0.2, 0.25) is 0 Å². The second-order valence-corrected chi connectivity index (χ2v) is 9.60. The molecule has 7 nitrogen and oxygen atoms in total. The molecular formula is C32H36N2O5. The summed E-state index contributed by atoms with van der Waals surface area (Å²) in [5.74, 6) is -0.278. The number of aliphatic hydroxyl groups excluding tert-OH is 1. The number of likely N-dealkylation sites (tertiary alicyclic amines) is 1. The maximum Gasteiger partial charge on any atom is 0.295 e. The van der Waals surface area contributed by atoms with Gasteiger partial charge in [0.2, 0.25) is 0 Å². The van der Waals surface area contributed by atoms with Crippen molar-refractivity contribution in [2.75, 3.05) is 33.3 Å². The molecule has 0 aromatic heterocycles. The zero-order valence-electron chi connectivity index (χ0n) is 23.0. The van der Waals surface area contributed by atoms with Gasteiger partial charge >= 0.3 is 0 Å². The number of nitrogens with zero attached hydrogens (tertiary/aromatic N) is 2. The van der Waals surface area contributed by atoms with Gasteiger partial charge in [-0.05, 0) is 67.5 Å². The summed E-state index contributed by atoms with van der Waals surface area (Å²) in [5.41, 5.74) is 3.43. The summed E-state index contributed by atoms with van der Waals surface area (Å²) >= 11 is 0. The van der Waals surface area contributed by atoms with E-state index in [1.54, 1.807) is 48.4 Å². The molecule has 1 heterocycles. The van der Waals surface area contributed by atoms with Crippen LogP contribution in [0.3, 0.4) is 0 Å². The second kappa shape index (κ2) is 12.6. The smallest absolute Gasteiger partial charge is 0.295 e. The molecule has 0 radical (unpaired) electrons. The van der Waals surface area contributed by atoms with E-state index >= 15 is 0 Å². The van der Waals surface area contributed by atoms with E-state index in [1.165, 1.54) is 0 Å². The number of ketones is 1. The first-order chi connectivity index (χ1) is 18.9. The summed E-state index contributed by atoms with van der Waals surface area (Å²) < 4.78 is 11.3. The van der Waals surface area contributed by atoms with Gasteiger partial charge in [0.25, 0.3) is 11.7 Å². The van der Waals surface area contributed by atoms with E-state index < -0.39 is 17.7 Å². The van der Waals surface area contributed by atoms with E-state index in [4.69, 9.17) is 9.47 Å². The quantitative estimate of drug-likeness (QED) is 0.205. The molecule has 39 heavy (non-hydrogen) atoms. The zero-order valence-corrected chi connectivity index (χ0v) is 23.0. The molecule has 0 aliphatic carbocycles. The van der Waals surface area contributed by atoms with Crippen molar-refractivity contribution in [2.45, 2.75) is 33.4 Å². The Morgan fingerprint density at radius 1 is 0.949 bits per heavy atom. The molecule has 4 rings (SSSR count). The number of Topliss-reactive ketones (excluding diaryl/α,β-unsaturated/α-hetero) is 1. The van der Waals surface area contributed by atoms with Crippen LogP contribution in [0.25, 0.3) is 5.76 Å². The number of benzene rings is 3. The molecular weight excluding hydrogens is 492 g/mol. The van der Waals surface area contributed by atoms with Crippen LogP contribution >= 0.6 is 0 Å². The Balaban J connectivity index is 1.65. The fourth-order valence-corrected chi connectivity index (χ4v) is 4.89. The van der Waals surface area contributed by atoms with Gasteiger partial charge in [0, 0.05) is 18.7 Å². The summed E-state index contributed by atoms with van der Waals surface area (Å²) in [7, 11) is 1.57. The average molecular weight is 529 g/mol. The van der Waals surface area contributed by atoms with E-state index in [1.807, 2.05) is 37.3 Å². The van der Waals surface area contributed by atoms with Gasteiger partial charge in [0.1, 0.15) is 23.9 Å². The topological polar surface area (TPSA) is 79.3 Å². The first kappa shape index (κ1) is 27.9. The van der Waals surface area contributed by atoms with Gasteiger partial charge in [0.15, 0.2) is 0 Å². The van der Waals surface area contributed by atoms with Crippen molar-refractivity contribution in [3.05, 3.63) is 101 Å². The highest BCUT2D eigenvalue weighted by Gasteiger charge is 2.46. The number of aliphatic hydroxyl groups is 1. The number of hydrogen-bond acceptors (Lipinski definition) is 6. The molecule has 1 aliphatic rings. The minimum atomic E-state index is -0.729. The van der Waals surface area contributed by atoms with Gasteiger partial charge in [-0.1, -0.05) is 55.8 Å². The predicted octanol–water partition coefficient (Wildman–Crippen LogP) is 5.35. The summed E-state index contributed by atoms with van der Waals surface area (Å²) in [5, 5.41) is 11.4. The molecule has 1 saturated heterocycles. The number of ether oxygens (including phenoxy) is 2. The standard InChI is InChI=1S/C32H36N2O5/c1-5-33(6-2)17-18-34-29(25-11-8-12-27(20-25)38-4)28(31(36)32(34)37)30(35)24-13-15-26(16-14-24)39-21-23-10-7-9-22(3)19-23/h7-16,19-20,29,35H,5-6,17-18,21H2,1-4H3. The van der Waals surface area contributed by atoms with Crippen LogP contribution in [-0.4, -0.2) is 59.9 Å². The summed E-state index contributed by atoms with van der Waals surface area (Å²) in [4.78, 5) is 30.3. The molecule has 204 valence electrons. The predicted molar refractivity (Wildman–Crippen MR) is 152 cm³/mol. The van der Waals surface area contributed by atoms with Crippen LogP contribution in [0, 0.1) is 6.92 Å². The van der Waals surface area contributed by atoms with E-state index in [2.05, 4.69) is 24.8 Å². The highest BCUT2D eigenvalue weighted by atomic mass is 16.5. The molecule has 7 heteroatoms. The molecule has 3 aromatic rings. The van der Waals surface area contributed by atoms with E-state index in [0.717, 1.165) is 24.2 Å². The van der Waals surface area contributed by atoms with Crippen LogP contribution in [0.15, 0.2) is 78.4 Å². The van der Waals surface area contributed by atoms with Crippen molar-refractivity contribution >= 4 is 17.4 Å². The van der Waals surface area contributed by atoms with Gasteiger partial charge in [-0.25, -0.2) is 0 Å². The third-order valence-electron chi connectivity index (χ3n) is 7.12. The number of amides is 1. The Kier molecular flexibility index (Phi) is 9.04. The average Bonchev–Trinajstić information content (AvgIpc) is 3.21. The highest BCUT2D eigenvalue weighted by Crippen LogP contribution is 2.40. The maximum absolute atomic E-state index is 13.3. The lowest BCUT2D eigenvalue weighted by Crippen LogP contribution is -2.38. The number of aryl methyl sites for hydroxylation is 1. The number of carbonyl (C=O) groups is 2. The van der Waals surface area contributed by atoms with Crippen molar-refractivity contribution in [2.24, 2.45) is 0 Å². The molecule has 3 aromatic carbocycles. The Morgan fingerprint density at radius 3 is 2.33 bits per heavy atom. The van der Waals surface area contributed by atoms with Gasteiger partial charge in [-0.15, -0.1) is 0 Å². The molecule has 1 atom stereocenters. The lowest BCUT2D eigenvalue weighted by molar-refractivity contribution is -0.140. The number of hydrogen-bond donors (Lipinski definition) is 1. The van der Waals surface area contributed by atoms with E-state index in [9.17, 15) is 14.7 Å². The first-order valence-corrected chi connectivity index (χ1v) is 13.3. The second-order valence-electron chi connectivity index (χ2n) is 9.60. The van der Waals surface area contributed by atoms with Crippen LogP contribution < -0.4 is 9.47 Å². The van der Waals surface area contributed by atoms with Gasteiger partial charge in [0.05, 0.1) is 18.7 Å². The number of likely N-dealkylation sites (N-methyl/N-ethyl adjacent to an activating group) is 1. The van der Waals surface area contributed by atoms with Crippen LogP contribution in [0.4, 0.5) is 0 Å². The van der Waals surface area contributed by atoms with E-state index in [0.29, 0.717) is 42.3 Å². The number of methoxy groups -OCH3 is 1. The van der Waals surface area contributed by atoms with Crippen LogP contribution in [0.5, 0.6) is 11.5 Å². The minimum absolute atomic E-state index is 0.0706.